The number of carbonyl (C=O) groups is 1. The maximum absolute atomic E-state index is 12.1. The van der Waals surface area contributed by atoms with E-state index < -0.39 is 0 Å². The summed E-state index contributed by atoms with van der Waals surface area (Å²) in [5.41, 5.74) is 1.81. The van der Waals surface area contributed by atoms with E-state index in [1.54, 1.807) is 0 Å². The molecular formula is C19H30N4O2. The molecule has 2 heterocycles. The van der Waals surface area contributed by atoms with Crippen LogP contribution in [-0.4, -0.2) is 42.2 Å². The highest BCUT2D eigenvalue weighted by molar-refractivity contribution is 5.75. The van der Waals surface area contributed by atoms with Gasteiger partial charge in [0.15, 0.2) is 0 Å². The Morgan fingerprint density at radius 1 is 1.24 bits per heavy atom. The Bertz CT molecular complexity index is 567. The van der Waals surface area contributed by atoms with Gasteiger partial charge in [-0.1, -0.05) is 32.1 Å². The largest absolute Gasteiger partial charge is 0.378 e. The first kappa shape index (κ1) is 18.1. The van der Waals surface area contributed by atoms with Gasteiger partial charge in [-0.3, -0.25) is 4.79 Å². The van der Waals surface area contributed by atoms with Gasteiger partial charge in [0.05, 0.1) is 25.5 Å². The summed E-state index contributed by atoms with van der Waals surface area (Å²) in [5, 5.41) is 3.02. The van der Waals surface area contributed by atoms with Gasteiger partial charge in [0.2, 0.25) is 11.9 Å². The molecule has 3 rings (SSSR count). The lowest BCUT2D eigenvalue weighted by Gasteiger charge is -2.27. The average molecular weight is 346 g/mol. The van der Waals surface area contributed by atoms with Crippen LogP contribution in [0, 0.1) is 12.8 Å². The van der Waals surface area contributed by atoms with Crippen LogP contribution in [0.4, 0.5) is 5.95 Å². The molecule has 0 unspecified atom stereocenters. The molecule has 0 spiro atoms. The first-order chi connectivity index (χ1) is 12.2. The molecule has 0 radical (unpaired) electrons. The smallest absolute Gasteiger partial charge is 0.225 e. The lowest BCUT2D eigenvalue weighted by Crippen LogP contribution is -2.37. The maximum atomic E-state index is 12.1. The Hall–Kier alpha value is -1.69. The molecule has 25 heavy (non-hydrogen) atoms. The number of aryl methyl sites for hydroxylation is 1. The van der Waals surface area contributed by atoms with E-state index in [4.69, 9.17) is 4.74 Å². The van der Waals surface area contributed by atoms with E-state index in [0.29, 0.717) is 26.2 Å². The highest BCUT2D eigenvalue weighted by Gasteiger charge is 2.16. The molecule has 0 atom stereocenters. The number of nitrogens with one attached hydrogen (secondary N) is 1. The third kappa shape index (κ3) is 5.66. The van der Waals surface area contributed by atoms with Crippen molar-refractivity contribution >= 4 is 11.9 Å². The second kappa shape index (κ2) is 9.13. The van der Waals surface area contributed by atoms with Crippen LogP contribution in [0.25, 0.3) is 0 Å². The minimum absolute atomic E-state index is 0.134. The SMILES string of the molecule is Cc1cc(CNC(=O)CCC2CCCCC2)nc(N2CCOCC2)n1. The van der Waals surface area contributed by atoms with Gasteiger partial charge in [0, 0.05) is 25.2 Å². The van der Waals surface area contributed by atoms with Crippen molar-refractivity contribution < 1.29 is 9.53 Å². The monoisotopic (exact) mass is 346 g/mol. The molecule has 1 amide bonds. The zero-order valence-electron chi connectivity index (χ0n) is 15.3. The molecule has 1 saturated carbocycles. The van der Waals surface area contributed by atoms with Gasteiger partial charge in [-0.15, -0.1) is 0 Å². The van der Waals surface area contributed by atoms with Crippen molar-refractivity contribution in [2.45, 2.75) is 58.4 Å². The lowest BCUT2D eigenvalue weighted by atomic mass is 9.86. The number of carbonyl (C=O) groups excluding carboxylic acids is 1. The zero-order chi connectivity index (χ0) is 17.5. The average Bonchev–Trinajstić information content (AvgIpc) is 2.66. The van der Waals surface area contributed by atoms with Crippen LogP contribution < -0.4 is 10.2 Å². The summed E-state index contributed by atoms with van der Waals surface area (Å²) in [6.07, 6.45) is 8.26. The Morgan fingerprint density at radius 2 is 2.00 bits per heavy atom. The van der Waals surface area contributed by atoms with Gasteiger partial charge in [0.1, 0.15) is 0 Å². The van der Waals surface area contributed by atoms with Crippen molar-refractivity contribution in [2.75, 3.05) is 31.2 Å². The molecule has 0 bridgehead atoms. The molecule has 6 heteroatoms. The minimum Gasteiger partial charge on any atom is -0.378 e. The first-order valence-electron chi connectivity index (χ1n) is 9.64. The minimum atomic E-state index is 0.134. The van der Waals surface area contributed by atoms with Gasteiger partial charge < -0.3 is 15.0 Å². The van der Waals surface area contributed by atoms with Gasteiger partial charge >= 0.3 is 0 Å². The summed E-state index contributed by atoms with van der Waals surface area (Å²) < 4.78 is 5.38. The number of nitrogens with zero attached hydrogens (tertiary/aromatic N) is 3. The topological polar surface area (TPSA) is 67.4 Å². The number of ether oxygens (including phenoxy) is 1. The number of anilines is 1. The van der Waals surface area contributed by atoms with Crippen LogP contribution in [0.5, 0.6) is 0 Å². The molecule has 6 nitrogen and oxygen atoms in total. The van der Waals surface area contributed by atoms with Gasteiger partial charge in [-0.25, -0.2) is 9.97 Å². The van der Waals surface area contributed by atoms with Crippen LogP contribution in [0.15, 0.2) is 6.07 Å². The molecule has 1 aromatic rings. The van der Waals surface area contributed by atoms with Crippen LogP contribution in [0.1, 0.15) is 56.3 Å². The second-order valence-corrected chi connectivity index (χ2v) is 7.22. The quantitative estimate of drug-likeness (QED) is 0.857. The van der Waals surface area contributed by atoms with Crippen molar-refractivity contribution in [3.63, 3.8) is 0 Å². The summed E-state index contributed by atoms with van der Waals surface area (Å²) in [6, 6.07) is 1.95. The number of aromatic nitrogens is 2. The van der Waals surface area contributed by atoms with Crippen LogP contribution in [0.3, 0.4) is 0 Å². The fraction of sp³-hybridized carbons (Fsp3) is 0.737. The number of hydrogen-bond acceptors (Lipinski definition) is 5. The van der Waals surface area contributed by atoms with Crippen molar-refractivity contribution in [3.05, 3.63) is 17.5 Å². The second-order valence-electron chi connectivity index (χ2n) is 7.22. The van der Waals surface area contributed by atoms with Crippen LogP contribution in [0.2, 0.25) is 0 Å². The van der Waals surface area contributed by atoms with E-state index in [1.807, 2.05) is 13.0 Å². The predicted molar refractivity (Wildman–Crippen MR) is 97.5 cm³/mol. The van der Waals surface area contributed by atoms with E-state index in [2.05, 4.69) is 20.2 Å². The molecule has 2 aliphatic rings. The number of morpholine rings is 1. The highest BCUT2D eigenvalue weighted by Crippen LogP contribution is 2.27. The van der Waals surface area contributed by atoms with Gasteiger partial charge in [-0.2, -0.15) is 0 Å². The third-order valence-electron chi connectivity index (χ3n) is 5.16. The van der Waals surface area contributed by atoms with Crippen molar-refractivity contribution in [1.29, 1.82) is 0 Å². The lowest BCUT2D eigenvalue weighted by molar-refractivity contribution is -0.121. The Kier molecular flexibility index (Phi) is 6.62. The summed E-state index contributed by atoms with van der Waals surface area (Å²) in [7, 11) is 0. The third-order valence-corrected chi connectivity index (χ3v) is 5.16. The van der Waals surface area contributed by atoms with Gasteiger partial charge in [-0.05, 0) is 25.3 Å². The van der Waals surface area contributed by atoms with E-state index in [0.717, 1.165) is 42.8 Å². The number of hydrogen-bond donors (Lipinski definition) is 1. The van der Waals surface area contributed by atoms with E-state index in [9.17, 15) is 4.79 Å². The van der Waals surface area contributed by atoms with E-state index >= 15 is 0 Å². The Morgan fingerprint density at radius 3 is 2.76 bits per heavy atom. The van der Waals surface area contributed by atoms with Crippen molar-refractivity contribution in [3.8, 4) is 0 Å². The summed E-state index contributed by atoms with van der Waals surface area (Å²) in [6.45, 7) is 5.51. The zero-order valence-corrected chi connectivity index (χ0v) is 15.3. The molecule has 1 aromatic heterocycles. The standard InChI is InChI=1S/C19H30N4O2/c1-15-13-17(22-19(21-15)23-9-11-25-12-10-23)14-20-18(24)8-7-16-5-3-2-4-6-16/h13,16H,2-12,14H2,1H3,(H,20,24). The fourth-order valence-electron chi connectivity index (χ4n) is 3.70. The molecule has 1 saturated heterocycles. The molecule has 1 aliphatic carbocycles. The number of amides is 1. The Labute approximate surface area is 150 Å². The van der Waals surface area contributed by atoms with Gasteiger partial charge in [0.25, 0.3) is 0 Å². The molecule has 2 fully saturated rings. The van der Waals surface area contributed by atoms with Crippen molar-refractivity contribution in [1.82, 2.24) is 15.3 Å². The maximum Gasteiger partial charge on any atom is 0.225 e. The number of rotatable bonds is 6. The molecule has 1 aliphatic heterocycles. The van der Waals surface area contributed by atoms with E-state index in [-0.39, 0.29) is 5.91 Å². The molecule has 1 N–H and O–H groups in total. The van der Waals surface area contributed by atoms with Crippen LogP contribution >= 0.6 is 0 Å². The highest BCUT2D eigenvalue weighted by atomic mass is 16.5. The fourth-order valence-corrected chi connectivity index (χ4v) is 3.70. The van der Waals surface area contributed by atoms with Crippen molar-refractivity contribution in [2.24, 2.45) is 5.92 Å². The summed E-state index contributed by atoms with van der Waals surface area (Å²) in [5.74, 6) is 1.62. The molecule has 0 aromatic carbocycles. The van der Waals surface area contributed by atoms with E-state index in [1.165, 1.54) is 32.1 Å². The Balaban J connectivity index is 1.48. The normalized spacial score (nSPS) is 19.0. The summed E-state index contributed by atoms with van der Waals surface area (Å²) >= 11 is 0. The summed E-state index contributed by atoms with van der Waals surface area (Å²) in [4.78, 5) is 23.4. The molecule has 138 valence electrons. The first-order valence-corrected chi connectivity index (χ1v) is 9.64. The predicted octanol–water partition coefficient (Wildman–Crippen LogP) is 2.60. The van der Waals surface area contributed by atoms with Crippen LogP contribution in [-0.2, 0) is 16.1 Å². The molecular weight excluding hydrogens is 316 g/mol.